The van der Waals surface area contributed by atoms with Gasteiger partial charge in [-0.1, -0.05) is 12.1 Å². The summed E-state index contributed by atoms with van der Waals surface area (Å²) in [5.41, 5.74) is 1.96. The molecule has 24 heavy (non-hydrogen) atoms. The lowest BCUT2D eigenvalue weighted by molar-refractivity contribution is -0.163. The summed E-state index contributed by atoms with van der Waals surface area (Å²) >= 11 is 5.75. The highest BCUT2D eigenvalue weighted by molar-refractivity contribution is 6.17. The Morgan fingerprint density at radius 2 is 1.88 bits per heavy atom. The number of halogens is 1. The van der Waals surface area contributed by atoms with Crippen molar-refractivity contribution in [2.45, 2.75) is 51.5 Å². The fourth-order valence-electron chi connectivity index (χ4n) is 3.19. The first-order chi connectivity index (χ1) is 11.8. The Morgan fingerprint density at radius 3 is 2.54 bits per heavy atom. The van der Waals surface area contributed by atoms with E-state index in [1.54, 1.807) is 4.57 Å². The fourth-order valence-corrected chi connectivity index (χ4v) is 3.38. The zero-order chi connectivity index (χ0) is 16.8. The van der Waals surface area contributed by atoms with Gasteiger partial charge in [0.2, 0.25) is 0 Å². The number of nitrogens with zero attached hydrogens (tertiary/aromatic N) is 2. The van der Waals surface area contributed by atoms with Gasteiger partial charge in [0.25, 0.3) is 0 Å². The molecule has 0 saturated carbocycles. The molecule has 1 atom stereocenters. The van der Waals surface area contributed by atoms with Crippen molar-refractivity contribution in [3.05, 3.63) is 34.7 Å². The van der Waals surface area contributed by atoms with Crippen LogP contribution in [0.3, 0.4) is 0 Å². The number of aryl methyl sites for hydroxylation is 1. The third kappa shape index (κ3) is 4.02. The zero-order valence-corrected chi connectivity index (χ0v) is 14.7. The number of unbranched alkanes of at least 4 members (excludes halogenated alkanes) is 1. The Morgan fingerprint density at radius 1 is 1.12 bits per heavy atom. The lowest BCUT2D eigenvalue weighted by atomic mass is 10.2. The number of alkyl halides is 1. The molecule has 0 aliphatic carbocycles. The minimum Gasteiger partial charge on any atom is -0.353 e. The molecule has 132 valence electrons. The van der Waals surface area contributed by atoms with E-state index in [1.165, 1.54) is 0 Å². The van der Waals surface area contributed by atoms with Gasteiger partial charge in [-0.05, 0) is 44.2 Å². The molecule has 0 amide bonds. The molecule has 1 aliphatic heterocycles. The van der Waals surface area contributed by atoms with E-state index in [0.29, 0.717) is 25.6 Å². The molecule has 0 N–H and O–H groups in total. The van der Waals surface area contributed by atoms with Gasteiger partial charge < -0.3 is 9.47 Å². The van der Waals surface area contributed by atoms with E-state index in [9.17, 15) is 4.79 Å². The number of aromatic nitrogens is 2. The second kappa shape index (κ2) is 8.70. The van der Waals surface area contributed by atoms with Crippen LogP contribution in [0.25, 0.3) is 11.0 Å². The van der Waals surface area contributed by atoms with Crippen LogP contribution in [0.2, 0.25) is 0 Å². The maximum atomic E-state index is 12.8. The number of imidazole rings is 1. The van der Waals surface area contributed by atoms with Gasteiger partial charge in [-0.15, -0.1) is 11.6 Å². The van der Waals surface area contributed by atoms with Crippen LogP contribution >= 0.6 is 11.6 Å². The molecule has 6 heteroatoms. The predicted molar refractivity (Wildman–Crippen MR) is 95.7 cm³/mol. The molecule has 0 spiro atoms. The van der Waals surface area contributed by atoms with Crippen molar-refractivity contribution in [1.29, 1.82) is 0 Å². The largest absolute Gasteiger partial charge is 0.353 e. The average Bonchev–Trinajstić information content (AvgIpc) is 2.89. The van der Waals surface area contributed by atoms with Gasteiger partial charge in [0, 0.05) is 19.0 Å². The number of hydrogen-bond donors (Lipinski definition) is 0. The quantitative estimate of drug-likeness (QED) is 0.540. The third-order valence-electron chi connectivity index (χ3n) is 4.45. The summed E-state index contributed by atoms with van der Waals surface area (Å²) in [5.74, 6) is 0.628. The number of rotatable bonds is 8. The van der Waals surface area contributed by atoms with Crippen LogP contribution in [0.5, 0.6) is 0 Å². The van der Waals surface area contributed by atoms with Gasteiger partial charge in [0.05, 0.1) is 24.2 Å². The topological polar surface area (TPSA) is 45.4 Å². The van der Waals surface area contributed by atoms with Crippen LogP contribution in [-0.4, -0.2) is 34.5 Å². The normalized spacial score (nSPS) is 18.3. The lowest BCUT2D eigenvalue weighted by Crippen LogP contribution is -2.28. The molecule has 5 nitrogen and oxygen atoms in total. The Bertz CT molecular complexity index is 704. The van der Waals surface area contributed by atoms with E-state index < -0.39 is 0 Å². The number of fused-ring (bicyclic) bond motifs is 1. The SMILES string of the molecule is O=c1n(CCCCCl)c2ccccc2n1CCOC1CCCCO1. The van der Waals surface area contributed by atoms with Gasteiger partial charge >= 0.3 is 5.69 Å². The Balaban J connectivity index is 1.72. The molecule has 1 aromatic heterocycles. The van der Waals surface area contributed by atoms with Crippen LogP contribution in [-0.2, 0) is 22.6 Å². The Labute approximate surface area is 147 Å². The second-order valence-corrected chi connectivity index (χ2v) is 6.52. The monoisotopic (exact) mass is 352 g/mol. The van der Waals surface area contributed by atoms with Gasteiger partial charge in [0.15, 0.2) is 6.29 Å². The number of hydrogen-bond acceptors (Lipinski definition) is 3. The zero-order valence-electron chi connectivity index (χ0n) is 14.0. The summed E-state index contributed by atoms with van der Waals surface area (Å²) < 4.78 is 15.0. The van der Waals surface area contributed by atoms with E-state index in [-0.39, 0.29) is 12.0 Å². The van der Waals surface area contributed by atoms with Crippen molar-refractivity contribution in [2.24, 2.45) is 0 Å². The number of benzene rings is 1. The van der Waals surface area contributed by atoms with Crippen LogP contribution < -0.4 is 5.69 Å². The van der Waals surface area contributed by atoms with Gasteiger partial charge in [0.1, 0.15) is 0 Å². The minimum absolute atomic E-state index is 0.0268. The van der Waals surface area contributed by atoms with Crippen molar-refractivity contribution in [3.63, 3.8) is 0 Å². The van der Waals surface area contributed by atoms with Gasteiger partial charge in [-0.3, -0.25) is 9.13 Å². The molecule has 1 fully saturated rings. The van der Waals surface area contributed by atoms with Crippen molar-refractivity contribution >= 4 is 22.6 Å². The highest BCUT2D eigenvalue weighted by Crippen LogP contribution is 2.16. The van der Waals surface area contributed by atoms with Crippen LogP contribution in [0, 0.1) is 0 Å². The summed E-state index contributed by atoms with van der Waals surface area (Å²) in [5, 5.41) is 0. The number of para-hydroxylation sites is 2. The van der Waals surface area contributed by atoms with Crippen molar-refractivity contribution in [1.82, 2.24) is 9.13 Å². The first-order valence-electron chi connectivity index (χ1n) is 8.78. The van der Waals surface area contributed by atoms with E-state index in [1.807, 2.05) is 28.8 Å². The van der Waals surface area contributed by atoms with Crippen LogP contribution in [0.1, 0.15) is 32.1 Å². The molecule has 1 aromatic carbocycles. The average molecular weight is 353 g/mol. The standard InChI is InChI=1S/C18H25ClN2O3/c19-10-4-5-11-20-15-7-1-2-8-16(15)21(18(20)22)12-14-24-17-9-3-6-13-23-17/h1-2,7-8,17H,3-6,9-14H2. The lowest BCUT2D eigenvalue weighted by Gasteiger charge is -2.22. The maximum absolute atomic E-state index is 12.8. The minimum atomic E-state index is -0.119. The molecular weight excluding hydrogens is 328 g/mol. The van der Waals surface area contributed by atoms with E-state index in [0.717, 1.165) is 49.7 Å². The first-order valence-corrected chi connectivity index (χ1v) is 9.32. The summed E-state index contributed by atoms with van der Waals surface area (Å²) in [4.78, 5) is 12.8. The highest BCUT2D eigenvalue weighted by Gasteiger charge is 2.16. The first kappa shape index (κ1) is 17.5. The number of ether oxygens (including phenoxy) is 2. The molecule has 1 unspecified atom stereocenters. The maximum Gasteiger partial charge on any atom is 0.329 e. The second-order valence-electron chi connectivity index (χ2n) is 6.14. The molecule has 2 aromatic rings. The van der Waals surface area contributed by atoms with Crippen molar-refractivity contribution in [2.75, 3.05) is 19.1 Å². The third-order valence-corrected chi connectivity index (χ3v) is 4.71. The van der Waals surface area contributed by atoms with Crippen LogP contribution in [0.15, 0.2) is 29.1 Å². The summed E-state index contributed by atoms with van der Waals surface area (Å²) in [6.07, 6.45) is 4.89. The van der Waals surface area contributed by atoms with Gasteiger partial charge in [-0.2, -0.15) is 0 Å². The summed E-state index contributed by atoms with van der Waals surface area (Å²) in [6, 6.07) is 7.92. The molecule has 3 rings (SSSR count). The molecule has 2 heterocycles. The van der Waals surface area contributed by atoms with E-state index >= 15 is 0 Å². The van der Waals surface area contributed by atoms with Crippen LogP contribution in [0.4, 0.5) is 0 Å². The molecule has 0 radical (unpaired) electrons. The Kier molecular flexibility index (Phi) is 6.35. The molecule has 1 aliphatic rings. The van der Waals surface area contributed by atoms with E-state index in [2.05, 4.69) is 0 Å². The summed E-state index contributed by atoms with van der Waals surface area (Å²) in [6.45, 7) is 2.50. The predicted octanol–water partition coefficient (Wildman–Crippen LogP) is 3.37. The summed E-state index contributed by atoms with van der Waals surface area (Å²) in [7, 11) is 0. The van der Waals surface area contributed by atoms with E-state index in [4.69, 9.17) is 21.1 Å². The van der Waals surface area contributed by atoms with Gasteiger partial charge in [-0.25, -0.2) is 4.79 Å². The molecular formula is C18H25ClN2O3. The fraction of sp³-hybridized carbons (Fsp3) is 0.611. The molecule has 0 bridgehead atoms. The Hall–Kier alpha value is -1.30. The smallest absolute Gasteiger partial charge is 0.329 e. The highest BCUT2D eigenvalue weighted by atomic mass is 35.5. The van der Waals surface area contributed by atoms with Crippen molar-refractivity contribution in [3.8, 4) is 0 Å². The van der Waals surface area contributed by atoms with Crippen molar-refractivity contribution < 1.29 is 9.47 Å². The molecule has 1 saturated heterocycles.